The minimum absolute atomic E-state index is 0.0300. The van der Waals surface area contributed by atoms with E-state index in [0.717, 1.165) is 5.56 Å². The van der Waals surface area contributed by atoms with Gasteiger partial charge in [0.05, 0.1) is 6.61 Å². The van der Waals surface area contributed by atoms with Gasteiger partial charge in [-0.15, -0.1) is 0 Å². The van der Waals surface area contributed by atoms with Crippen LogP contribution in [0.4, 0.5) is 0 Å². The van der Waals surface area contributed by atoms with Crippen LogP contribution in [0.2, 0.25) is 0 Å². The number of aliphatic hydroxyl groups is 2. The Kier molecular flexibility index (Phi) is 5.41. The maximum atomic E-state index is 9.30. The molecule has 0 fully saturated rings. The van der Waals surface area contributed by atoms with Crippen LogP contribution in [-0.4, -0.2) is 29.5 Å². The van der Waals surface area contributed by atoms with E-state index in [4.69, 9.17) is 14.6 Å². The Hall–Kier alpha value is -2.04. The number of rotatable bonds is 7. The third-order valence-electron chi connectivity index (χ3n) is 2.73. The molecule has 2 aromatic rings. The van der Waals surface area contributed by atoms with E-state index in [-0.39, 0.29) is 13.2 Å². The predicted octanol–water partition coefficient (Wildman–Crippen LogP) is 2.00. The fraction of sp³-hybridized carbons (Fsp3) is 0.250. The molecule has 0 heterocycles. The van der Waals surface area contributed by atoms with Crippen molar-refractivity contribution < 1.29 is 19.7 Å². The molecule has 4 heteroatoms. The Labute approximate surface area is 118 Å². The van der Waals surface area contributed by atoms with Gasteiger partial charge in [0, 0.05) is 0 Å². The van der Waals surface area contributed by atoms with Crippen molar-refractivity contribution in [2.45, 2.75) is 12.7 Å². The molecule has 0 aliphatic rings. The third-order valence-corrected chi connectivity index (χ3v) is 2.73. The van der Waals surface area contributed by atoms with Crippen LogP contribution in [0, 0.1) is 0 Å². The summed E-state index contributed by atoms with van der Waals surface area (Å²) in [6.07, 6.45) is -0.892. The van der Waals surface area contributed by atoms with Crippen molar-refractivity contribution >= 4 is 0 Å². The summed E-state index contributed by atoms with van der Waals surface area (Å²) >= 11 is 0. The fourth-order valence-electron chi connectivity index (χ4n) is 1.66. The van der Waals surface area contributed by atoms with E-state index in [1.807, 2.05) is 48.5 Å². The van der Waals surface area contributed by atoms with Crippen LogP contribution in [0.15, 0.2) is 54.6 Å². The number of hydrogen-bond donors (Lipinski definition) is 2. The lowest BCUT2D eigenvalue weighted by atomic mass is 10.2. The average Bonchev–Trinajstić information content (AvgIpc) is 2.52. The van der Waals surface area contributed by atoms with Gasteiger partial charge >= 0.3 is 0 Å². The maximum absolute atomic E-state index is 9.30. The number of benzene rings is 2. The van der Waals surface area contributed by atoms with Gasteiger partial charge in [-0.3, -0.25) is 0 Å². The second kappa shape index (κ2) is 7.53. The molecule has 20 heavy (non-hydrogen) atoms. The second-order valence-electron chi connectivity index (χ2n) is 4.37. The first-order valence-corrected chi connectivity index (χ1v) is 6.47. The Morgan fingerprint density at radius 3 is 2.10 bits per heavy atom. The molecule has 0 saturated heterocycles. The zero-order chi connectivity index (χ0) is 14.2. The van der Waals surface area contributed by atoms with Gasteiger partial charge in [0.2, 0.25) is 0 Å². The Bertz CT molecular complexity index is 513. The Balaban J connectivity index is 1.97. The van der Waals surface area contributed by atoms with Gasteiger partial charge in [0.25, 0.3) is 0 Å². The molecule has 0 bridgehead atoms. The molecule has 0 spiro atoms. The highest BCUT2D eigenvalue weighted by Crippen LogP contribution is 2.27. The largest absolute Gasteiger partial charge is 0.487 e. The highest BCUT2D eigenvalue weighted by atomic mass is 16.5. The monoisotopic (exact) mass is 274 g/mol. The molecule has 0 radical (unpaired) electrons. The molecule has 1 atom stereocenters. The maximum Gasteiger partial charge on any atom is 0.161 e. The summed E-state index contributed by atoms with van der Waals surface area (Å²) in [5.74, 6) is 1.16. The fourth-order valence-corrected chi connectivity index (χ4v) is 1.66. The van der Waals surface area contributed by atoms with Crippen LogP contribution in [-0.2, 0) is 6.61 Å². The molecule has 0 amide bonds. The van der Waals surface area contributed by atoms with Crippen LogP contribution in [0.1, 0.15) is 5.56 Å². The highest BCUT2D eigenvalue weighted by Gasteiger charge is 2.08. The van der Waals surface area contributed by atoms with Crippen LogP contribution in [0.5, 0.6) is 11.5 Å². The predicted molar refractivity (Wildman–Crippen MR) is 75.8 cm³/mol. The molecule has 0 aromatic heterocycles. The van der Waals surface area contributed by atoms with Gasteiger partial charge in [-0.1, -0.05) is 42.5 Å². The normalized spacial score (nSPS) is 11.9. The summed E-state index contributed by atoms with van der Waals surface area (Å²) in [5, 5.41) is 18.1. The zero-order valence-electron chi connectivity index (χ0n) is 11.1. The van der Waals surface area contributed by atoms with Crippen molar-refractivity contribution in [3.8, 4) is 11.5 Å². The first kappa shape index (κ1) is 14.4. The molecule has 106 valence electrons. The molecule has 0 aliphatic heterocycles. The number of aliphatic hydroxyl groups excluding tert-OH is 2. The molecular weight excluding hydrogens is 256 g/mol. The molecule has 2 N–H and O–H groups in total. The number of ether oxygens (including phenoxy) is 2. The van der Waals surface area contributed by atoms with Crippen molar-refractivity contribution in [2.75, 3.05) is 13.2 Å². The van der Waals surface area contributed by atoms with Gasteiger partial charge < -0.3 is 19.7 Å². The molecule has 2 rings (SSSR count). The topological polar surface area (TPSA) is 58.9 Å². The highest BCUT2D eigenvalue weighted by molar-refractivity contribution is 5.39. The first-order valence-electron chi connectivity index (χ1n) is 6.47. The second-order valence-corrected chi connectivity index (χ2v) is 4.37. The van der Waals surface area contributed by atoms with E-state index in [1.54, 1.807) is 6.07 Å². The lowest BCUT2D eigenvalue weighted by Crippen LogP contribution is -2.21. The minimum Gasteiger partial charge on any atom is -0.487 e. The summed E-state index contributed by atoms with van der Waals surface area (Å²) in [7, 11) is 0. The van der Waals surface area contributed by atoms with Crippen molar-refractivity contribution in [1.29, 1.82) is 0 Å². The standard InChI is InChI=1S/C16H18O4/c17-10-14(18)12-20-16-9-5-4-8-15(16)19-11-13-6-2-1-3-7-13/h1-9,14,17-18H,10-12H2. The van der Waals surface area contributed by atoms with Gasteiger partial charge in [-0.25, -0.2) is 0 Å². The smallest absolute Gasteiger partial charge is 0.161 e. The third kappa shape index (κ3) is 4.26. The van der Waals surface area contributed by atoms with Crippen molar-refractivity contribution in [3.05, 3.63) is 60.2 Å². The first-order chi connectivity index (χ1) is 9.79. The van der Waals surface area contributed by atoms with Crippen LogP contribution < -0.4 is 9.47 Å². The van der Waals surface area contributed by atoms with E-state index in [2.05, 4.69) is 0 Å². The quantitative estimate of drug-likeness (QED) is 0.810. The van der Waals surface area contributed by atoms with E-state index < -0.39 is 6.10 Å². The van der Waals surface area contributed by atoms with Crippen LogP contribution in [0.25, 0.3) is 0 Å². The Morgan fingerprint density at radius 1 is 0.850 bits per heavy atom. The van der Waals surface area contributed by atoms with Crippen LogP contribution in [0.3, 0.4) is 0 Å². The lowest BCUT2D eigenvalue weighted by Gasteiger charge is -2.14. The van der Waals surface area contributed by atoms with E-state index >= 15 is 0 Å². The van der Waals surface area contributed by atoms with Gasteiger partial charge in [-0.05, 0) is 17.7 Å². The molecule has 2 aromatic carbocycles. The summed E-state index contributed by atoms with van der Waals surface area (Å²) in [5.41, 5.74) is 1.07. The molecular formula is C16H18O4. The average molecular weight is 274 g/mol. The molecule has 0 aliphatic carbocycles. The zero-order valence-corrected chi connectivity index (χ0v) is 11.1. The van der Waals surface area contributed by atoms with Crippen molar-refractivity contribution in [1.82, 2.24) is 0 Å². The molecule has 4 nitrogen and oxygen atoms in total. The summed E-state index contributed by atoms with van der Waals surface area (Å²) in [6.45, 7) is 0.152. The minimum atomic E-state index is -0.892. The molecule has 0 saturated carbocycles. The Morgan fingerprint density at radius 2 is 1.45 bits per heavy atom. The SMILES string of the molecule is OCC(O)COc1ccccc1OCc1ccccc1. The van der Waals surface area contributed by atoms with Crippen LogP contribution >= 0.6 is 0 Å². The van der Waals surface area contributed by atoms with Crippen molar-refractivity contribution in [3.63, 3.8) is 0 Å². The van der Waals surface area contributed by atoms with Gasteiger partial charge in [0.1, 0.15) is 19.3 Å². The number of hydrogen-bond acceptors (Lipinski definition) is 4. The van der Waals surface area contributed by atoms with Gasteiger partial charge in [0.15, 0.2) is 11.5 Å². The summed E-state index contributed by atoms with van der Waals surface area (Å²) in [6, 6.07) is 17.1. The van der Waals surface area contributed by atoms with Crippen molar-refractivity contribution in [2.24, 2.45) is 0 Å². The van der Waals surface area contributed by atoms with E-state index in [1.165, 1.54) is 0 Å². The number of para-hydroxylation sites is 2. The summed E-state index contributed by atoms with van der Waals surface area (Å²) < 4.78 is 11.2. The molecule has 1 unspecified atom stereocenters. The van der Waals surface area contributed by atoms with E-state index in [9.17, 15) is 5.11 Å². The summed E-state index contributed by atoms with van der Waals surface area (Å²) in [4.78, 5) is 0. The lowest BCUT2D eigenvalue weighted by molar-refractivity contribution is 0.0524. The van der Waals surface area contributed by atoms with Gasteiger partial charge in [-0.2, -0.15) is 0 Å². The van der Waals surface area contributed by atoms with E-state index in [0.29, 0.717) is 18.1 Å².